The van der Waals surface area contributed by atoms with Gasteiger partial charge in [0.1, 0.15) is 0 Å². The molecule has 0 aliphatic carbocycles. The highest BCUT2D eigenvalue weighted by molar-refractivity contribution is 5.90. The van der Waals surface area contributed by atoms with Gasteiger partial charge in [0.15, 0.2) is 0 Å². The van der Waals surface area contributed by atoms with Gasteiger partial charge in [-0.05, 0) is 38.0 Å². The zero-order valence-electron chi connectivity index (χ0n) is 10.4. The van der Waals surface area contributed by atoms with Crippen LogP contribution < -0.4 is 0 Å². The molecule has 0 fully saturated rings. The minimum atomic E-state index is -0.778. The number of hydrogen-bond donors (Lipinski definition) is 1. The molecule has 0 amide bonds. The van der Waals surface area contributed by atoms with Crippen LogP contribution in [-0.4, -0.2) is 15.6 Å². The first kappa shape index (κ1) is 11.7. The monoisotopic (exact) mass is 231 g/mol. The third-order valence-corrected chi connectivity index (χ3v) is 3.07. The number of hydrogen-bond acceptors (Lipinski definition) is 1. The van der Waals surface area contributed by atoms with Crippen LogP contribution in [0.2, 0.25) is 0 Å². The van der Waals surface area contributed by atoms with E-state index in [0.29, 0.717) is 0 Å². The standard InChI is InChI=1S/C14H17NO2/c1-4-15-8-11(7-13(16)17)12-6-9(2)5-10(3)14(12)15/h5-6,8H,4,7H2,1-3H3,(H,16,17). The number of aromatic nitrogens is 1. The van der Waals surface area contributed by atoms with Gasteiger partial charge in [-0.2, -0.15) is 0 Å². The number of aryl methyl sites for hydroxylation is 3. The van der Waals surface area contributed by atoms with Gasteiger partial charge in [-0.1, -0.05) is 11.6 Å². The van der Waals surface area contributed by atoms with Crippen LogP contribution in [0.15, 0.2) is 18.3 Å². The second-order valence-electron chi connectivity index (χ2n) is 4.49. The van der Waals surface area contributed by atoms with E-state index in [1.807, 2.05) is 13.1 Å². The highest BCUT2D eigenvalue weighted by Crippen LogP contribution is 2.26. The van der Waals surface area contributed by atoms with Crippen molar-refractivity contribution in [2.75, 3.05) is 0 Å². The van der Waals surface area contributed by atoms with E-state index >= 15 is 0 Å². The predicted molar refractivity (Wildman–Crippen MR) is 68.4 cm³/mol. The minimum Gasteiger partial charge on any atom is -0.481 e. The van der Waals surface area contributed by atoms with Gasteiger partial charge in [-0.15, -0.1) is 0 Å². The van der Waals surface area contributed by atoms with Crippen molar-refractivity contribution in [1.82, 2.24) is 4.57 Å². The first-order valence-electron chi connectivity index (χ1n) is 5.83. The summed E-state index contributed by atoms with van der Waals surface area (Å²) in [6, 6.07) is 4.21. The average molecular weight is 231 g/mol. The smallest absolute Gasteiger partial charge is 0.307 e. The summed E-state index contributed by atoms with van der Waals surface area (Å²) < 4.78 is 2.13. The van der Waals surface area contributed by atoms with Gasteiger partial charge < -0.3 is 9.67 Å². The molecular weight excluding hydrogens is 214 g/mol. The van der Waals surface area contributed by atoms with Crippen molar-refractivity contribution < 1.29 is 9.90 Å². The number of carbonyl (C=O) groups is 1. The zero-order valence-corrected chi connectivity index (χ0v) is 10.4. The van der Waals surface area contributed by atoms with Crippen molar-refractivity contribution in [2.45, 2.75) is 33.7 Å². The van der Waals surface area contributed by atoms with Crippen molar-refractivity contribution in [3.8, 4) is 0 Å². The van der Waals surface area contributed by atoms with Crippen LogP contribution >= 0.6 is 0 Å². The van der Waals surface area contributed by atoms with Crippen molar-refractivity contribution in [1.29, 1.82) is 0 Å². The second kappa shape index (κ2) is 4.24. The SMILES string of the molecule is CCn1cc(CC(=O)O)c2cc(C)cc(C)c21. The van der Waals surface area contributed by atoms with Gasteiger partial charge in [-0.3, -0.25) is 4.79 Å². The Labute approximate surface area is 101 Å². The molecule has 1 heterocycles. The van der Waals surface area contributed by atoms with Gasteiger partial charge in [0.2, 0.25) is 0 Å². The van der Waals surface area contributed by atoms with E-state index in [9.17, 15) is 4.79 Å². The van der Waals surface area contributed by atoms with Gasteiger partial charge in [-0.25, -0.2) is 0 Å². The third-order valence-electron chi connectivity index (χ3n) is 3.07. The summed E-state index contributed by atoms with van der Waals surface area (Å²) >= 11 is 0. The number of aliphatic carboxylic acids is 1. The molecule has 0 aliphatic rings. The lowest BCUT2D eigenvalue weighted by Crippen LogP contribution is -1.99. The molecule has 17 heavy (non-hydrogen) atoms. The van der Waals surface area contributed by atoms with E-state index < -0.39 is 5.97 Å². The zero-order chi connectivity index (χ0) is 12.6. The predicted octanol–water partition coefficient (Wildman–Crippen LogP) is 2.91. The van der Waals surface area contributed by atoms with E-state index in [0.717, 1.165) is 23.0 Å². The normalized spacial score (nSPS) is 11.0. The molecule has 1 aromatic heterocycles. The summed E-state index contributed by atoms with van der Waals surface area (Å²) in [6.45, 7) is 7.05. The molecule has 0 radical (unpaired) electrons. The fourth-order valence-electron chi connectivity index (χ4n) is 2.46. The Morgan fingerprint density at radius 1 is 1.35 bits per heavy atom. The van der Waals surface area contributed by atoms with Crippen molar-refractivity contribution in [2.24, 2.45) is 0 Å². The van der Waals surface area contributed by atoms with Crippen LogP contribution in [0, 0.1) is 13.8 Å². The molecule has 0 bridgehead atoms. The fraction of sp³-hybridized carbons (Fsp3) is 0.357. The fourth-order valence-corrected chi connectivity index (χ4v) is 2.46. The molecule has 1 aromatic carbocycles. The first-order chi connectivity index (χ1) is 8.02. The molecule has 1 N–H and O–H groups in total. The molecule has 0 saturated carbocycles. The summed E-state index contributed by atoms with van der Waals surface area (Å²) in [7, 11) is 0. The first-order valence-corrected chi connectivity index (χ1v) is 5.83. The van der Waals surface area contributed by atoms with Crippen LogP contribution in [0.25, 0.3) is 10.9 Å². The van der Waals surface area contributed by atoms with E-state index in [2.05, 4.69) is 30.5 Å². The Kier molecular flexibility index (Phi) is 2.92. The average Bonchev–Trinajstić information content (AvgIpc) is 2.56. The lowest BCUT2D eigenvalue weighted by molar-refractivity contribution is -0.136. The molecule has 0 saturated heterocycles. The molecule has 90 valence electrons. The molecule has 2 rings (SSSR count). The lowest BCUT2D eigenvalue weighted by atomic mass is 10.0. The molecule has 2 aromatic rings. The highest BCUT2D eigenvalue weighted by Gasteiger charge is 2.12. The Morgan fingerprint density at radius 3 is 2.65 bits per heavy atom. The van der Waals surface area contributed by atoms with E-state index in [-0.39, 0.29) is 6.42 Å². The Bertz CT molecular complexity index is 581. The number of carboxylic acids is 1. The lowest BCUT2D eigenvalue weighted by Gasteiger charge is -2.05. The molecule has 0 atom stereocenters. The van der Waals surface area contributed by atoms with Crippen molar-refractivity contribution in [3.05, 3.63) is 35.0 Å². The quantitative estimate of drug-likeness (QED) is 0.882. The van der Waals surface area contributed by atoms with Crippen LogP contribution in [0.1, 0.15) is 23.6 Å². The number of rotatable bonds is 3. The van der Waals surface area contributed by atoms with Crippen LogP contribution in [0.5, 0.6) is 0 Å². The Balaban J connectivity index is 2.73. The second-order valence-corrected chi connectivity index (χ2v) is 4.49. The number of benzene rings is 1. The topological polar surface area (TPSA) is 42.2 Å². The molecule has 0 aliphatic heterocycles. The molecular formula is C14H17NO2. The molecule has 3 heteroatoms. The van der Waals surface area contributed by atoms with E-state index in [1.54, 1.807) is 0 Å². The number of fused-ring (bicyclic) bond motifs is 1. The molecule has 0 spiro atoms. The summed E-state index contributed by atoms with van der Waals surface area (Å²) in [5.41, 5.74) is 4.45. The Hall–Kier alpha value is -1.77. The molecule has 3 nitrogen and oxygen atoms in total. The third kappa shape index (κ3) is 2.05. The largest absolute Gasteiger partial charge is 0.481 e. The van der Waals surface area contributed by atoms with Crippen LogP contribution in [0.4, 0.5) is 0 Å². The number of carboxylic acid groups (broad SMARTS) is 1. The van der Waals surface area contributed by atoms with Crippen molar-refractivity contribution >= 4 is 16.9 Å². The minimum absolute atomic E-state index is 0.0897. The van der Waals surface area contributed by atoms with E-state index in [4.69, 9.17) is 5.11 Å². The molecule has 0 unspecified atom stereocenters. The van der Waals surface area contributed by atoms with Crippen LogP contribution in [-0.2, 0) is 17.8 Å². The maximum Gasteiger partial charge on any atom is 0.307 e. The van der Waals surface area contributed by atoms with Gasteiger partial charge in [0, 0.05) is 18.1 Å². The van der Waals surface area contributed by atoms with Gasteiger partial charge in [0.05, 0.1) is 11.9 Å². The number of nitrogens with zero attached hydrogens (tertiary/aromatic N) is 1. The van der Waals surface area contributed by atoms with Gasteiger partial charge >= 0.3 is 5.97 Å². The van der Waals surface area contributed by atoms with Crippen molar-refractivity contribution in [3.63, 3.8) is 0 Å². The summed E-state index contributed by atoms with van der Waals surface area (Å²) in [4.78, 5) is 10.9. The maximum absolute atomic E-state index is 10.9. The Morgan fingerprint density at radius 2 is 2.06 bits per heavy atom. The van der Waals surface area contributed by atoms with Gasteiger partial charge in [0.25, 0.3) is 0 Å². The van der Waals surface area contributed by atoms with E-state index in [1.165, 1.54) is 11.1 Å². The summed E-state index contributed by atoms with van der Waals surface area (Å²) in [6.07, 6.45) is 2.05. The summed E-state index contributed by atoms with van der Waals surface area (Å²) in [5.74, 6) is -0.778. The van der Waals surface area contributed by atoms with Crippen LogP contribution in [0.3, 0.4) is 0 Å². The highest BCUT2D eigenvalue weighted by atomic mass is 16.4. The maximum atomic E-state index is 10.9. The summed E-state index contributed by atoms with van der Waals surface area (Å²) in [5, 5.41) is 10.0.